The van der Waals surface area contributed by atoms with E-state index in [0.717, 1.165) is 18.6 Å². The molecule has 6 heteroatoms. The van der Waals surface area contributed by atoms with E-state index in [1.165, 1.54) is 23.2 Å². The lowest BCUT2D eigenvalue weighted by Gasteiger charge is -2.17. The molecule has 2 aliphatic rings. The van der Waals surface area contributed by atoms with Gasteiger partial charge in [0.15, 0.2) is 0 Å². The van der Waals surface area contributed by atoms with Gasteiger partial charge in [-0.1, -0.05) is 17.7 Å². The van der Waals surface area contributed by atoms with Crippen molar-refractivity contribution in [3.05, 3.63) is 28.8 Å². The maximum absolute atomic E-state index is 12.6. The zero-order valence-electron chi connectivity index (χ0n) is 12.1. The first kappa shape index (κ1) is 15.3. The maximum Gasteiger partial charge on any atom is 0.243 e. The lowest BCUT2D eigenvalue weighted by Crippen LogP contribution is -2.30. The normalized spacial score (nSPS) is 23.6. The Hall–Kier alpha value is -0.620. The first-order chi connectivity index (χ1) is 9.96. The molecule has 21 heavy (non-hydrogen) atoms. The largest absolute Gasteiger partial charge is 0.377 e. The number of halogens is 1. The summed E-state index contributed by atoms with van der Waals surface area (Å²) in [5.41, 5.74) is 0.877. The third kappa shape index (κ3) is 3.42. The minimum Gasteiger partial charge on any atom is -0.377 e. The molecule has 2 fully saturated rings. The van der Waals surface area contributed by atoms with Crippen LogP contribution in [0.25, 0.3) is 0 Å². The molecule has 1 heterocycles. The average molecular weight is 330 g/mol. The third-order valence-electron chi connectivity index (χ3n) is 4.15. The molecule has 0 amide bonds. The third-order valence-corrected chi connectivity index (χ3v) is 6.42. The van der Waals surface area contributed by atoms with Crippen molar-refractivity contribution in [1.82, 2.24) is 4.31 Å². The Morgan fingerprint density at radius 3 is 2.76 bits per heavy atom. The lowest BCUT2D eigenvalue weighted by atomic mass is 10.2. The summed E-state index contributed by atoms with van der Waals surface area (Å²) in [6.45, 7) is 3.59. The van der Waals surface area contributed by atoms with Crippen LogP contribution in [0.5, 0.6) is 0 Å². The Kier molecular flexibility index (Phi) is 4.28. The Morgan fingerprint density at radius 2 is 2.10 bits per heavy atom. The van der Waals surface area contributed by atoms with E-state index in [1.807, 2.05) is 6.92 Å². The number of hydrogen-bond acceptors (Lipinski definition) is 3. The number of ether oxygens (including phenoxy) is 1. The van der Waals surface area contributed by atoms with E-state index in [-0.39, 0.29) is 11.0 Å². The summed E-state index contributed by atoms with van der Waals surface area (Å²) in [5.74, 6) is 0.701. The first-order valence-electron chi connectivity index (χ1n) is 7.35. The average Bonchev–Trinajstić information content (AvgIpc) is 3.15. The molecule has 1 saturated heterocycles. The van der Waals surface area contributed by atoms with Gasteiger partial charge in [-0.2, -0.15) is 4.31 Å². The van der Waals surface area contributed by atoms with Crippen molar-refractivity contribution in [2.45, 2.75) is 37.2 Å². The van der Waals surface area contributed by atoms with Crippen molar-refractivity contribution in [3.63, 3.8) is 0 Å². The number of rotatable bonds is 5. The molecule has 0 spiro atoms. The van der Waals surface area contributed by atoms with Gasteiger partial charge in [0.25, 0.3) is 0 Å². The summed E-state index contributed by atoms with van der Waals surface area (Å²) in [6, 6.07) is 4.89. The van der Waals surface area contributed by atoms with Crippen LogP contribution in [0, 0.1) is 12.8 Å². The van der Waals surface area contributed by atoms with Crippen molar-refractivity contribution < 1.29 is 13.2 Å². The lowest BCUT2D eigenvalue weighted by molar-refractivity contribution is 0.0561. The van der Waals surface area contributed by atoms with Crippen molar-refractivity contribution in [3.8, 4) is 0 Å². The predicted molar refractivity (Wildman–Crippen MR) is 82.0 cm³/mol. The van der Waals surface area contributed by atoms with E-state index in [1.54, 1.807) is 12.1 Å². The highest BCUT2D eigenvalue weighted by molar-refractivity contribution is 7.89. The molecular formula is C15H20ClNO3S. The van der Waals surface area contributed by atoms with Gasteiger partial charge in [-0.3, -0.25) is 0 Å². The van der Waals surface area contributed by atoms with E-state index < -0.39 is 10.0 Å². The smallest absolute Gasteiger partial charge is 0.243 e. The standard InChI is InChI=1S/C15H20ClNO3S/c1-11-2-5-14(8-15(11)16)21(18,19)17-7-6-13(9-17)20-10-12-3-4-12/h2,5,8,12-13H,3-4,6-7,9-10H2,1H3/t13-/m1/s1. The highest BCUT2D eigenvalue weighted by Gasteiger charge is 2.34. The number of sulfonamides is 1. The van der Waals surface area contributed by atoms with Gasteiger partial charge in [-0.25, -0.2) is 8.42 Å². The molecule has 1 aliphatic heterocycles. The molecule has 0 unspecified atom stereocenters. The first-order valence-corrected chi connectivity index (χ1v) is 9.16. The Bertz CT molecular complexity index is 628. The van der Waals surface area contributed by atoms with Crippen LogP contribution in [0.2, 0.25) is 5.02 Å². The van der Waals surface area contributed by atoms with Crippen LogP contribution in [0.4, 0.5) is 0 Å². The van der Waals surface area contributed by atoms with Crippen LogP contribution in [-0.4, -0.2) is 38.5 Å². The summed E-state index contributed by atoms with van der Waals surface area (Å²) in [7, 11) is -3.46. The minimum atomic E-state index is -3.46. The molecule has 0 N–H and O–H groups in total. The van der Waals surface area contributed by atoms with Crippen LogP contribution in [0.15, 0.2) is 23.1 Å². The fourth-order valence-corrected chi connectivity index (χ4v) is 4.25. The van der Waals surface area contributed by atoms with Crippen LogP contribution in [0.3, 0.4) is 0 Å². The second kappa shape index (κ2) is 5.88. The molecule has 3 rings (SSSR count). The molecule has 1 aromatic rings. The molecule has 1 aliphatic carbocycles. The fraction of sp³-hybridized carbons (Fsp3) is 0.600. The molecule has 1 aromatic carbocycles. The van der Waals surface area contributed by atoms with Gasteiger partial charge in [-0.15, -0.1) is 0 Å². The second-order valence-corrected chi connectivity index (χ2v) is 8.31. The summed E-state index contributed by atoms with van der Waals surface area (Å²) in [6.07, 6.45) is 3.29. The van der Waals surface area contributed by atoms with E-state index in [2.05, 4.69) is 0 Å². The topological polar surface area (TPSA) is 46.6 Å². The van der Waals surface area contributed by atoms with Crippen LogP contribution in [-0.2, 0) is 14.8 Å². The van der Waals surface area contributed by atoms with Crippen LogP contribution in [0.1, 0.15) is 24.8 Å². The summed E-state index contributed by atoms with van der Waals surface area (Å²) >= 11 is 6.04. The van der Waals surface area contributed by atoms with Gasteiger partial charge < -0.3 is 4.74 Å². The van der Waals surface area contributed by atoms with E-state index in [0.29, 0.717) is 24.0 Å². The Balaban J connectivity index is 1.68. The van der Waals surface area contributed by atoms with Crippen LogP contribution < -0.4 is 0 Å². The Morgan fingerprint density at radius 1 is 1.33 bits per heavy atom. The zero-order chi connectivity index (χ0) is 15.0. The maximum atomic E-state index is 12.6. The van der Waals surface area contributed by atoms with Crippen molar-refractivity contribution in [2.24, 2.45) is 5.92 Å². The van der Waals surface area contributed by atoms with Gasteiger partial charge in [0.05, 0.1) is 11.0 Å². The minimum absolute atomic E-state index is 0.0290. The van der Waals surface area contributed by atoms with Gasteiger partial charge >= 0.3 is 0 Å². The molecule has 4 nitrogen and oxygen atoms in total. The van der Waals surface area contributed by atoms with Crippen LogP contribution >= 0.6 is 11.6 Å². The number of hydrogen-bond donors (Lipinski definition) is 0. The fourth-order valence-electron chi connectivity index (χ4n) is 2.49. The molecule has 116 valence electrons. The number of aryl methyl sites for hydroxylation is 1. The Labute approximate surface area is 131 Å². The van der Waals surface area contributed by atoms with E-state index in [4.69, 9.17) is 16.3 Å². The molecule has 1 atom stereocenters. The molecule has 0 bridgehead atoms. The summed E-state index contributed by atoms with van der Waals surface area (Å²) in [5, 5.41) is 0.483. The van der Waals surface area contributed by atoms with E-state index >= 15 is 0 Å². The van der Waals surface area contributed by atoms with Crippen molar-refractivity contribution >= 4 is 21.6 Å². The van der Waals surface area contributed by atoms with Gasteiger partial charge in [0, 0.05) is 24.7 Å². The number of benzene rings is 1. The highest BCUT2D eigenvalue weighted by Crippen LogP contribution is 2.31. The summed E-state index contributed by atoms with van der Waals surface area (Å²) in [4.78, 5) is 0.265. The van der Waals surface area contributed by atoms with Crippen molar-refractivity contribution in [2.75, 3.05) is 19.7 Å². The zero-order valence-corrected chi connectivity index (χ0v) is 13.7. The predicted octanol–water partition coefficient (Wildman–Crippen LogP) is 2.84. The van der Waals surface area contributed by atoms with Gasteiger partial charge in [0.2, 0.25) is 10.0 Å². The van der Waals surface area contributed by atoms with Gasteiger partial charge in [0.1, 0.15) is 0 Å². The summed E-state index contributed by atoms with van der Waals surface area (Å²) < 4.78 is 32.5. The molecule has 0 radical (unpaired) electrons. The SMILES string of the molecule is Cc1ccc(S(=O)(=O)N2CC[C@@H](OCC3CC3)C2)cc1Cl. The highest BCUT2D eigenvalue weighted by atomic mass is 35.5. The molecular weight excluding hydrogens is 310 g/mol. The second-order valence-electron chi connectivity index (χ2n) is 5.96. The molecule has 1 saturated carbocycles. The van der Waals surface area contributed by atoms with E-state index in [9.17, 15) is 8.42 Å². The van der Waals surface area contributed by atoms with Crippen molar-refractivity contribution in [1.29, 1.82) is 0 Å². The van der Waals surface area contributed by atoms with Gasteiger partial charge in [-0.05, 0) is 49.8 Å². The quantitative estimate of drug-likeness (QED) is 0.834. The number of nitrogens with zero attached hydrogens (tertiary/aromatic N) is 1. The molecule has 0 aromatic heterocycles. The monoisotopic (exact) mass is 329 g/mol.